The van der Waals surface area contributed by atoms with Crippen LogP contribution in [0.5, 0.6) is 5.75 Å². The average molecular weight is 391 g/mol. The molecule has 0 unspecified atom stereocenters. The Morgan fingerprint density at radius 3 is 2.71 bits per heavy atom. The number of amides is 1. The molecule has 156 valence electrons. The third kappa shape index (κ3) is 7.38. The van der Waals surface area contributed by atoms with Crippen LogP contribution in [0.25, 0.3) is 0 Å². The molecule has 0 aromatic heterocycles. The van der Waals surface area contributed by atoms with Crippen LogP contribution in [0, 0.1) is 5.41 Å². The van der Waals surface area contributed by atoms with E-state index in [4.69, 9.17) is 14.5 Å². The van der Waals surface area contributed by atoms with Crippen LogP contribution in [0.4, 0.5) is 5.69 Å². The molecule has 1 saturated carbocycles. The fourth-order valence-corrected chi connectivity index (χ4v) is 3.28. The molecule has 0 heterocycles. The maximum absolute atomic E-state index is 11.1. The highest BCUT2D eigenvalue weighted by molar-refractivity contribution is 5.88. The molecular formula is C21H34N4O3. The number of aliphatic imine (C=N–C) groups is 1. The largest absolute Gasteiger partial charge is 0.492 e. The van der Waals surface area contributed by atoms with Gasteiger partial charge in [-0.05, 0) is 43.7 Å². The van der Waals surface area contributed by atoms with Crippen molar-refractivity contribution in [2.75, 3.05) is 45.3 Å². The lowest BCUT2D eigenvalue weighted by molar-refractivity contribution is -0.114. The summed E-state index contributed by atoms with van der Waals surface area (Å²) in [6.45, 7) is 7.13. The smallest absolute Gasteiger partial charge is 0.221 e. The average Bonchev–Trinajstić information content (AvgIpc) is 2.63. The molecule has 0 aliphatic heterocycles. The summed E-state index contributed by atoms with van der Waals surface area (Å²) in [5.41, 5.74) is 1.04. The topological polar surface area (TPSA) is 84.0 Å². The van der Waals surface area contributed by atoms with Crippen LogP contribution in [-0.2, 0) is 9.53 Å². The summed E-state index contributed by atoms with van der Waals surface area (Å²) < 4.78 is 11.0. The number of methoxy groups -OCH3 is 1. The molecule has 1 aromatic carbocycles. The molecule has 1 aliphatic carbocycles. The summed E-state index contributed by atoms with van der Waals surface area (Å²) in [5, 5.41) is 9.38. The van der Waals surface area contributed by atoms with E-state index in [1.165, 1.54) is 26.2 Å². The predicted molar refractivity (Wildman–Crippen MR) is 113 cm³/mol. The molecule has 2 rings (SSSR count). The minimum atomic E-state index is -0.0972. The Bertz CT molecular complexity index is 644. The fraction of sp³-hybridized carbons (Fsp3) is 0.619. The van der Waals surface area contributed by atoms with Gasteiger partial charge in [0.2, 0.25) is 5.91 Å². The molecule has 1 fully saturated rings. The number of ether oxygens (including phenoxy) is 2. The zero-order chi connectivity index (χ0) is 20.2. The van der Waals surface area contributed by atoms with Gasteiger partial charge in [-0.25, -0.2) is 0 Å². The summed E-state index contributed by atoms with van der Waals surface area (Å²) in [5.74, 6) is 1.45. The van der Waals surface area contributed by atoms with Crippen LogP contribution < -0.4 is 20.7 Å². The standard InChI is InChI=1S/C21H34N4O3/c1-4-22-20(24-16-21(9-6-10-21)11-13-27-3)23-12-14-28-19-8-5-7-18(15-19)25-17(2)26/h5,7-8,15H,4,6,9-14,16H2,1-3H3,(H,25,26)(H2,22,23,24). The van der Waals surface area contributed by atoms with E-state index in [0.717, 1.165) is 43.5 Å². The second kappa shape index (κ2) is 11.5. The highest BCUT2D eigenvalue weighted by Gasteiger charge is 2.36. The first-order valence-corrected chi connectivity index (χ1v) is 10.1. The van der Waals surface area contributed by atoms with E-state index in [0.29, 0.717) is 18.6 Å². The zero-order valence-corrected chi connectivity index (χ0v) is 17.3. The van der Waals surface area contributed by atoms with E-state index in [2.05, 4.69) is 22.9 Å². The molecule has 7 heteroatoms. The number of hydrogen-bond donors (Lipinski definition) is 3. The molecule has 3 N–H and O–H groups in total. The molecular weight excluding hydrogens is 356 g/mol. The van der Waals surface area contributed by atoms with Crippen molar-refractivity contribution < 1.29 is 14.3 Å². The molecule has 0 saturated heterocycles. The summed E-state index contributed by atoms with van der Waals surface area (Å²) in [7, 11) is 1.76. The van der Waals surface area contributed by atoms with Crippen molar-refractivity contribution in [3.8, 4) is 5.75 Å². The van der Waals surface area contributed by atoms with Gasteiger partial charge in [-0.1, -0.05) is 12.5 Å². The summed E-state index contributed by atoms with van der Waals surface area (Å²) in [6.07, 6.45) is 4.81. The van der Waals surface area contributed by atoms with E-state index in [1.807, 2.05) is 24.3 Å². The van der Waals surface area contributed by atoms with Gasteiger partial charge in [0, 0.05) is 45.5 Å². The Morgan fingerprint density at radius 1 is 1.25 bits per heavy atom. The van der Waals surface area contributed by atoms with Crippen molar-refractivity contribution in [3.05, 3.63) is 24.3 Å². The number of anilines is 1. The third-order valence-electron chi connectivity index (χ3n) is 4.99. The summed E-state index contributed by atoms with van der Waals surface area (Å²) in [6, 6.07) is 7.39. The van der Waals surface area contributed by atoms with Gasteiger partial charge in [-0.2, -0.15) is 0 Å². The predicted octanol–water partition coefficient (Wildman–Crippen LogP) is 2.79. The summed E-state index contributed by atoms with van der Waals surface area (Å²) in [4.78, 5) is 15.9. The molecule has 0 radical (unpaired) electrons. The first kappa shape index (κ1) is 22.0. The van der Waals surface area contributed by atoms with Gasteiger partial charge in [0.25, 0.3) is 0 Å². The molecule has 0 atom stereocenters. The Morgan fingerprint density at radius 2 is 2.07 bits per heavy atom. The number of guanidine groups is 1. The van der Waals surface area contributed by atoms with Crippen molar-refractivity contribution in [3.63, 3.8) is 0 Å². The van der Waals surface area contributed by atoms with Crippen molar-refractivity contribution in [2.24, 2.45) is 10.4 Å². The summed E-state index contributed by atoms with van der Waals surface area (Å²) >= 11 is 0. The van der Waals surface area contributed by atoms with Crippen LogP contribution in [-0.4, -0.2) is 51.8 Å². The van der Waals surface area contributed by atoms with E-state index < -0.39 is 0 Å². The molecule has 1 aliphatic rings. The Balaban J connectivity index is 1.79. The van der Waals surface area contributed by atoms with Crippen LogP contribution in [0.3, 0.4) is 0 Å². The van der Waals surface area contributed by atoms with E-state index in [9.17, 15) is 4.79 Å². The first-order valence-electron chi connectivity index (χ1n) is 10.1. The van der Waals surface area contributed by atoms with E-state index in [1.54, 1.807) is 7.11 Å². The SMILES string of the molecule is CCNC(=NCC1(CCOC)CCC1)NCCOc1cccc(NC(C)=O)c1. The van der Waals surface area contributed by atoms with Gasteiger partial charge in [0.05, 0.1) is 6.54 Å². The number of nitrogens with zero attached hydrogens (tertiary/aromatic N) is 1. The first-order chi connectivity index (χ1) is 13.6. The quantitative estimate of drug-likeness (QED) is 0.307. The minimum Gasteiger partial charge on any atom is -0.492 e. The van der Waals surface area contributed by atoms with Crippen LogP contribution >= 0.6 is 0 Å². The van der Waals surface area contributed by atoms with Gasteiger partial charge in [-0.3, -0.25) is 9.79 Å². The van der Waals surface area contributed by atoms with Crippen molar-refractivity contribution in [1.29, 1.82) is 0 Å². The van der Waals surface area contributed by atoms with Crippen molar-refractivity contribution in [2.45, 2.75) is 39.5 Å². The second-order valence-corrected chi connectivity index (χ2v) is 7.28. The van der Waals surface area contributed by atoms with E-state index >= 15 is 0 Å². The number of hydrogen-bond acceptors (Lipinski definition) is 4. The lowest BCUT2D eigenvalue weighted by atomic mass is 9.67. The molecule has 0 bridgehead atoms. The Kier molecular flexibility index (Phi) is 9.07. The minimum absolute atomic E-state index is 0.0972. The second-order valence-electron chi connectivity index (χ2n) is 7.28. The molecule has 1 amide bonds. The lowest BCUT2D eigenvalue weighted by Crippen LogP contribution is -2.41. The highest BCUT2D eigenvalue weighted by atomic mass is 16.5. The third-order valence-corrected chi connectivity index (χ3v) is 4.99. The van der Waals surface area contributed by atoms with Gasteiger partial charge in [0.1, 0.15) is 12.4 Å². The van der Waals surface area contributed by atoms with Gasteiger partial charge in [0.15, 0.2) is 5.96 Å². The number of nitrogens with one attached hydrogen (secondary N) is 3. The van der Waals surface area contributed by atoms with Crippen molar-refractivity contribution in [1.82, 2.24) is 10.6 Å². The fourth-order valence-electron chi connectivity index (χ4n) is 3.28. The van der Waals surface area contributed by atoms with Gasteiger partial charge >= 0.3 is 0 Å². The number of rotatable bonds is 11. The van der Waals surface area contributed by atoms with Crippen LogP contribution in [0.2, 0.25) is 0 Å². The highest BCUT2D eigenvalue weighted by Crippen LogP contribution is 2.44. The molecule has 28 heavy (non-hydrogen) atoms. The number of carbonyl (C=O) groups excluding carboxylic acids is 1. The Hall–Kier alpha value is -2.28. The van der Waals surface area contributed by atoms with Gasteiger partial charge < -0.3 is 25.4 Å². The molecule has 7 nitrogen and oxygen atoms in total. The maximum atomic E-state index is 11.1. The van der Waals surface area contributed by atoms with Crippen LogP contribution in [0.15, 0.2) is 29.3 Å². The molecule has 0 spiro atoms. The van der Waals surface area contributed by atoms with Gasteiger partial charge in [-0.15, -0.1) is 0 Å². The number of benzene rings is 1. The Labute approximate surface area is 168 Å². The molecule has 1 aromatic rings. The van der Waals surface area contributed by atoms with Crippen LogP contribution in [0.1, 0.15) is 39.5 Å². The number of carbonyl (C=O) groups is 1. The lowest BCUT2D eigenvalue weighted by Gasteiger charge is -2.40. The van der Waals surface area contributed by atoms with E-state index in [-0.39, 0.29) is 5.91 Å². The van der Waals surface area contributed by atoms with Crippen molar-refractivity contribution >= 4 is 17.6 Å². The maximum Gasteiger partial charge on any atom is 0.221 e. The monoisotopic (exact) mass is 390 g/mol. The normalized spacial score (nSPS) is 15.5. The zero-order valence-electron chi connectivity index (χ0n) is 17.3.